The van der Waals surface area contributed by atoms with Gasteiger partial charge in [-0.1, -0.05) is 0 Å². The van der Waals surface area contributed by atoms with Gasteiger partial charge in [0.05, 0.1) is 6.42 Å². The number of hydrogen-bond donors (Lipinski definition) is 2. The molecule has 1 amide bonds. The van der Waals surface area contributed by atoms with E-state index in [1.165, 1.54) is 11.3 Å². The molecule has 2 heterocycles. The molecule has 2 N–H and O–H groups in total. The van der Waals surface area contributed by atoms with Gasteiger partial charge in [-0.3, -0.25) is 4.79 Å². The highest BCUT2D eigenvalue weighted by Crippen LogP contribution is 2.19. The summed E-state index contributed by atoms with van der Waals surface area (Å²) in [7, 11) is 0. The van der Waals surface area contributed by atoms with Crippen LogP contribution in [0.3, 0.4) is 0 Å². The van der Waals surface area contributed by atoms with Crippen LogP contribution in [0.2, 0.25) is 0 Å². The molecule has 1 atom stereocenters. The molecule has 1 aromatic heterocycles. The van der Waals surface area contributed by atoms with Crippen LogP contribution in [0.25, 0.3) is 0 Å². The van der Waals surface area contributed by atoms with Crippen molar-refractivity contribution < 1.29 is 9.53 Å². The van der Waals surface area contributed by atoms with E-state index in [0.29, 0.717) is 12.3 Å². The Morgan fingerprint density at radius 3 is 2.84 bits per heavy atom. The lowest BCUT2D eigenvalue weighted by molar-refractivity contribution is -0.121. The first-order valence-corrected chi connectivity index (χ1v) is 7.84. The second-order valence-electron chi connectivity index (χ2n) is 5.05. The molecular formula is C13H20N2O2S2. The number of nitrogens with one attached hydrogen (secondary N) is 2. The van der Waals surface area contributed by atoms with Gasteiger partial charge in [0.1, 0.15) is 0 Å². The van der Waals surface area contributed by atoms with Gasteiger partial charge < -0.3 is 15.0 Å². The standard InChI is InChI=1S/C13H20N2O2S2/c1-8(10-3-5-17-6-4-10)14-12(16)7-11-9(2)15-13(18)19-11/h8,10H,3-7H2,1-2H3,(H,14,16)(H,15,18). The Kier molecular flexibility index (Phi) is 5.13. The third kappa shape index (κ3) is 4.12. The van der Waals surface area contributed by atoms with Crippen LogP contribution in [0.4, 0.5) is 0 Å². The normalized spacial score (nSPS) is 18.2. The van der Waals surface area contributed by atoms with Crippen molar-refractivity contribution in [2.45, 2.75) is 39.2 Å². The summed E-state index contributed by atoms with van der Waals surface area (Å²) >= 11 is 6.56. The Balaban J connectivity index is 1.86. The molecule has 19 heavy (non-hydrogen) atoms. The highest BCUT2D eigenvalue weighted by atomic mass is 32.1. The molecule has 4 nitrogen and oxygen atoms in total. The number of carbonyl (C=O) groups excluding carboxylic acids is 1. The van der Waals surface area contributed by atoms with Crippen LogP contribution in [0.5, 0.6) is 0 Å². The number of ether oxygens (including phenoxy) is 1. The van der Waals surface area contributed by atoms with Gasteiger partial charge in [0, 0.05) is 29.8 Å². The van der Waals surface area contributed by atoms with Gasteiger partial charge in [-0.2, -0.15) is 0 Å². The van der Waals surface area contributed by atoms with Crippen molar-refractivity contribution in [1.29, 1.82) is 0 Å². The van der Waals surface area contributed by atoms with Crippen LogP contribution in [0.15, 0.2) is 0 Å². The predicted octanol–water partition coefficient (Wildman–Crippen LogP) is 2.59. The summed E-state index contributed by atoms with van der Waals surface area (Å²) < 4.78 is 6.08. The van der Waals surface area contributed by atoms with Crippen molar-refractivity contribution in [3.8, 4) is 0 Å². The number of hydrogen-bond acceptors (Lipinski definition) is 4. The molecule has 1 saturated heterocycles. The molecular weight excluding hydrogens is 280 g/mol. The average molecular weight is 300 g/mol. The van der Waals surface area contributed by atoms with E-state index in [2.05, 4.69) is 17.2 Å². The second-order valence-corrected chi connectivity index (χ2v) is 6.82. The van der Waals surface area contributed by atoms with Crippen LogP contribution >= 0.6 is 23.6 Å². The van der Waals surface area contributed by atoms with Crippen molar-refractivity contribution in [3.05, 3.63) is 14.5 Å². The fourth-order valence-corrected chi connectivity index (χ4v) is 3.68. The third-order valence-electron chi connectivity index (χ3n) is 3.61. The number of aromatic amines is 1. The number of aromatic nitrogens is 1. The fraction of sp³-hybridized carbons (Fsp3) is 0.692. The molecule has 106 valence electrons. The van der Waals surface area contributed by atoms with Crippen LogP contribution in [0, 0.1) is 16.8 Å². The van der Waals surface area contributed by atoms with Gasteiger partial charge in [-0.15, -0.1) is 11.3 Å². The molecule has 0 bridgehead atoms. The Hall–Kier alpha value is -0.720. The maximum Gasteiger partial charge on any atom is 0.225 e. The Morgan fingerprint density at radius 1 is 1.58 bits per heavy atom. The lowest BCUT2D eigenvalue weighted by Gasteiger charge is -2.28. The zero-order chi connectivity index (χ0) is 13.8. The third-order valence-corrected chi connectivity index (χ3v) is 4.94. The summed E-state index contributed by atoms with van der Waals surface area (Å²) in [6.07, 6.45) is 2.48. The number of aryl methyl sites for hydroxylation is 1. The number of amides is 1. The molecule has 6 heteroatoms. The van der Waals surface area contributed by atoms with E-state index in [4.69, 9.17) is 17.0 Å². The summed E-state index contributed by atoms with van der Waals surface area (Å²) in [6, 6.07) is 0.212. The van der Waals surface area contributed by atoms with E-state index in [1.807, 2.05) is 6.92 Å². The van der Waals surface area contributed by atoms with E-state index >= 15 is 0 Å². The zero-order valence-electron chi connectivity index (χ0n) is 11.3. The molecule has 0 saturated carbocycles. The fourth-order valence-electron chi connectivity index (χ4n) is 2.39. The summed E-state index contributed by atoms with van der Waals surface area (Å²) in [4.78, 5) is 16.1. The minimum absolute atomic E-state index is 0.0762. The van der Waals surface area contributed by atoms with Gasteiger partial charge in [-0.25, -0.2) is 0 Å². The smallest absolute Gasteiger partial charge is 0.225 e. The number of thiazole rings is 1. The Bertz CT molecular complexity index is 489. The average Bonchev–Trinajstić information content (AvgIpc) is 2.68. The molecule has 0 radical (unpaired) electrons. The van der Waals surface area contributed by atoms with Crippen molar-refractivity contribution in [2.75, 3.05) is 13.2 Å². The first-order chi connectivity index (χ1) is 9.06. The van der Waals surface area contributed by atoms with Gasteiger partial charge in [0.15, 0.2) is 3.95 Å². The first-order valence-electron chi connectivity index (χ1n) is 6.62. The SMILES string of the molecule is Cc1[nH]c(=S)sc1CC(=O)NC(C)C1CCOCC1. The van der Waals surface area contributed by atoms with Gasteiger partial charge in [0.25, 0.3) is 0 Å². The molecule has 0 spiro atoms. The van der Waals surface area contributed by atoms with Crippen molar-refractivity contribution >= 4 is 29.5 Å². The van der Waals surface area contributed by atoms with Crippen LogP contribution in [-0.2, 0) is 16.0 Å². The quantitative estimate of drug-likeness (QED) is 0.840. The summed E-state index contributed by atoms with van der Waals surface area (Å²) in [5.41, 5.74) is 1.00. The van der Waals surface area contributed by atoms with Crippen molar-refractivity contribution in [1.82, 2.24) is 10.3 Å². The Labute approximate surface area is 122 Å². The van der Waals surface area contributed by atoms with Gasteiger partial charge in [0.2, 0.25) is 5.91 Å². The monoisotopic (exact) mass is 300 g/mol. The van der Waals surface area contributed by atoms with E-state index < -0.39 is 0 Å². The largest absolute Gasteiger partial charge is 0.381 e. The predicted molar refractivity (Wildman–Crippen MR) is 79.1 cm³/mol. The molecule has 1 aliphatic heterocycles. The Morgan fingerprint density at radius 2 is 2.26 bits per heavy atom. The summed E-state index contributed by atoms with van der Waals surface area (Å²) in [6.45, 7) is 5.66. The van der Waals surface area contributed by atoms with Crippen LogP contribution in [0.1, 0.15) is 30.3 Å². The van der Waals surface area contributed by atoms with E-state index in [9.17, 15) is 4.79 Å². The topological polar surface area (TPSA) is 54.1 Å². The minimum atomic E-state index is 0.0762. The minimum Gasteiger partial charge on any atom is -0.381 e. The first kappa shape index (κ1) is 14.7. The van der Waals surface area contributed by atoms with Gasteiger partial charge >= 0.3 is 0 Å². The number of H-pyrrole nitrogens is 1. The molecule has 1 fully saturated rings. The summed E-state index contributed by atoms with van der Waals surface area (Å²) in [5, 5.41) is 3.10. The van der Waals surface area contributed by atoms with Crippen molar-refractivity contribution in [3.63, 3.8) is 0 Å². The molecule has 1 aliphatic rings. The van der Waals surface area contributed by atoms with E-state index in [0.717, 1.165) is 40.6 Å². The maximum atomic E-state index is 12.0. The number of carbonyl (C=O) groups is 1. The zero-order valence-corrected chi connectivity index (χ0v) is 13.0. The number of rotatable bonds is 4. The second kappa shape index (κ2) is 6.63. The summed E-state index contributed by atoms with van der Waals surface area (Å²) in [5.74, 6) is 0.607. The van der Waals surface area contributed by atoms with E-state index in [-0.39, 0.29) is 11.9 Å². The molecule has 1 aromatic rings. The molecule has 0 aromatic carbocycles. The molecule has 0 aliphatic carbocycles. The lowest BCUT2D eigenvalue weighted by Crippen LogP contribution is -2.40. The molecule has 2 rings (SSSR count). The van der Waals surface area contributed by atoms with E-state index in [1.54, 1.807) is 0 Å². The van der Waals surface area contributed by atoms with Gasteiger partial charge in [-0.05, 0) is 44.8 Å². The lowest BCUT2D eigenvalue weighted by atomic mass is 9.93. The highest BCUT2D eigenvalue weighted by Gasteiger charge is 2.22. The molecule has 1 unspecified atom stereocenters. The highest BCUT2D eigenvalue weighted by molar-refractivity contribution is 7.73. The van der Waals surface area contributed by atoms with Crippen LogP contribution < -0.4 is 5.32 Å². The van der Waals surface area contributed by atoms with Crippen LogP contribution in [-0.4, -0.2) is 30.1 Å². The van der Waals surface area contributed by atoms with Crippen molar-refractivity contribution in [2.24, 2.45) is 5.92 Å². The maximum absolute atomic E-state index is 12.0.